The summed E-state index contributed by atoms with van der Waals surface area (Å²) in [5.41, 5.74) is 0. The molecular formula is C13H25N3O3. The SMILES string of the molecule is CCCCCCCCCC.N=C=O.N=C=O.N=C=O. The molecule has 6 nitrogen and oxygen atoms in total. The number of carbonyl (C=O) groups excluding carboxylic acids is 3. The van der Waals surface area contributed by atoms with Crippen molar-refractivity contribution in [1.82, 2.24) is 0 Å². The largest absolute Gasteiger partial charge is 0.231 e. The summed E-state index contributed by atoms with van der Waals surface area (Å²) in [7, 11) is 0. The second-order valence-corrected chi connectivity index (χ2v) is 3.43. The third-order valence-electron chi connectivity index (χ3n) is 1.96. The Hall–Kier alpha value is -1.86. The molecule has 0 aliphatic carbocycles. The molecule has 3 N–H and O–H groups in total. The fourth-order valence-electron chi connectivity index (χ4n) is 1.21. The summed E-state index contributed by atoms with van der Waals surface area (Å²) < 4.78 is 0. The van der Waals surface area contributed by atoms with E-state index in [0.29, 0.717) is 0 Å². The molecule has 19 heavy (non-hydrogen) atoms. The van der Waals surface area contributed by atoms with Gasteiger partial charge >= 0.3 is 0 Å². The average Bonchev–Trinajstić information content (AvgIpc) is 2.37. The zero-order chi connectivity index (χ0) is 15.8. The Morgan fingerprint density at radius 1 is 0.579 bits per heavy atom. The molecule has 0 aromatic carbocycles. The zero-order valence-electron chi connectivity index (χ0n) is 11.9. The molecule has 6 heteroatoms. The van der Waals surface area contributed by atoms with Gasteiger partial charge in [0.2, 0.25) is 18.2 Å². The molecule has 0 aromatic heterocycles. The lowest BCUT2D eigenvalue weighted by molar-refractivity contribution is 0.562. The normalized spacial score (nSPS) is 6.63. The predicted molar refractivity (Wildman–Crippen MR) is 73.5 cm³/mol. The van der Waals surface area contributed by atoms with Crippen LogP contribution in [-0.2, 0) is 14.4 Å². The smallest absolute Gasteiger partial charge is 0.222 e. The van der Waals surface area contributed by atoms with Crippen LogP contribution in [0.1, 0.15) is 65.2 Å². The van der Waals surface area contributed by atoms with Gasteiger partial charge in [0.1, 0.15) is 0 Å². The minimum Gasteiger partial charge on any atom is -0.222 e. The summed E-state index contributed by atoms with van der Waals surface area (Å²) in [5.74, 6) is 0. The highest BCUT2D eigenvalue weighted by atomic mass is 16.1. The van der Waals surface area contributed by atoms with E-state index in [2.05, 4.69) is 13.8 Å². The van der Waals surface area contributed by atoms with Gasteiger partial charge in [-0.3, -0.25) is 0 Å². The van der Waals surface area contributed by atoms with Crippen molar-refractivity contribution >= 4 is 18.2 Å². The Morgan fingerprint density at radius 2 is 0.737 bits per heavy atom. The van der Waals surface area contributed by atoms with E-state index in [-0.39, 0.29) is 0 Å². The lowest BCUT2D eigenvalue weighted by atomic mass is 10.1. The molecule has 0 heterocycles. The van der Waals surface area contributed by atoms with Crippen molar-refractivity contribution in [2.24, 2.45) is 0 Å². The first kappa shape index (κ1) is 25.9. The first-order chi connectivity index (χ1) is 9.16. The molecule has 0 saturated heterocycles. The molecule has 0 bridgehead atoms. The Bertz CT molecular complexity index is 201. The van der Waals surface area contributed by atoms with Gasteiger partial charge in [-0.05, 0) is 0 Å². The molecule has 0 unspecified atom stereocenters. The summed E-state index contributed by atoms with van der Waals surface area (Å²) in [6, 6.07) is 0. The number of hydrogen-bond donors (Lipinski definition) is 3. The topological polar surface area (TPSA) is 123 Å². The summed E-state index contributed by atoms with van der Waals surface area (Å²) in [4.78, 5) is 25.0. The second kappa shape index (κ2) is 44.3. The number of isocyanates is 3. The lowest BCUT2D eigenvalue weighted by Gasteiger charge is -1.97. The van der Waals surface area contributed by atoms with Gasteiger partial charge in [-0.25, -0.2) is 30.6 Å². The van der Waals surface area contributed by atoms with Gasteiger partial charge in [0.25, 0.3) is 0 Å². The number of hydrogen-bond acceptors (Lipinski definition) is 6. The van der Waals surface area contributed by atoms with Gasteiger partial charge in [0.05, 0.1) is 0 Å². The summed E-state index contributed by atoms with van der Waals surface area (Å²) in [6.07, 6.45) is 13.7. The highest BCUT2D eigenvalue weighted by Crippen LogP contribution is 2.07. The molecule has 0 rings (SSSR count). The third-order valence-corrected chi connectivity index (χ3v) is 1.96. The van der Waals surface area contributed by atoms with Gasteiger partial charge in [-0.1, -0.05) is 65.2 Å². The first-order valence-corrected chi connectivity index (χ1v) is 6.28. The van der Waals surface area contributed by atoms with Gasteiger partial charge in [-0.2, -0.15) is 0 Å². The van der Waals surface area contributed by atoms with E-state index in [4.69, 9.17) is 30.6 Å². The van der Waals surface area contributed by atoms with E-state index in [1.165, 1.54) is 51.4 Å². The average molecular weight is 271 g/mol. The van der Waals surface area contributed by atoms with Gasteiger partial charge in [0.15, 0.2) is 0 Å². The highest BCUT2D eigenvalue weighted by molar-refractivity contribution is 5.26. The monoisotopic (exact) mass is 271 g/mol. The fraction of sp³-hybridized carbons (Fsp3) is 0.769. The van der Waals surface area contributed by atoms with Crippen molar-refractivity contribution in [3.8, 4) is 0 Å². The van der Waals surface area contributed by atoms with Crippen LogP contribution in [0, 0.1) is 16.2 Å². The van der Waals surface area contributed by atoms with Crippen LogP contribution in [0.5, 0.6) is 0 Å². The maximum Gasteiger partial charge on any atom is 0.231 e. The van der Waals surface area contributed by atoms with E-state index < -0.39 is 0 Å². The molecular weight excluding hydrogens is 246 g/mol. The molecule has 0 aliphatic heterocycles. The Kier molecular flexibility index (Phi) is 60.3. The van der Waals surface area contributed by atoms with Crippen LogP contribution in [0.25, 0.3) is 0 Å². The number of rotatable bonds is 7. The molecule has 0 spiro atoms. The molecule has 110 valence electrons. The number of nitrogens with one attached hydrogen (secondary N) is 3. The van der Waals surface area contributed by atoms with Crippen molar-refractivity contribution in [2.75, 3.05) is 0 Å². The lowest BCUT2D eigenvalue weighted by Crippen LogP contribution is -1.77. The maximum atomic E-state index is 8.35. The molecule has 0 aromatic rings. The highest BCUT2D eigenvalue weighted by Gasteiger charge is 1.87. The maximum absolute atomic E-state index is 8.35. The minimum absolute atomic E-state index is 0.750. The van der Waals surface area contributed by atoms with Crippen LogP contribution in [-0.4, -0.2) is 18.2 Å². The molecule has 0 radical (unpaired) electrons. The van der Waals surface area contributed by atoms with Crippen LogP contribution >= 0.6 is 0 Å². The summed E-state index contributed by atoms with van der Waals surface area (Å²) >= 11 is 0. The van der Waals surface area contributed by atoms with Crippen molar-refractivity contribution in [2.45, 2.75) is 65.2 Å². The van der Waals surface area contributed by atoms with Crippen LogP contribution in [0.4, 0.5) is 0 Å². The molecule has 0 saturated carbocycles. The van der Waals surface area contributed by atoms with Crippen molar-refractivity contribution in [3.63, 3.8) is 0 Å². The molecule has 0 fully saturated rings. The Labute approximate surface area is 115 Å². The van der Waals surface area contributed by atoms with E-state index in [1.54, 1.807) is 0 Å². The zero-order valence-corrected chi connectivity index (χ0v) is 11.9. The Balaban J connectivity index is -0.000000103. The fourth-order valence-corrected chi connectivity index (χ4v) is 1.21. The van der Waals surface area contributed by atoms with Crippen LogP contribution in [0.15, 0.2) is 0 Å². The van der Waals surface area contributed by atoms with Crippen molar-refractivity contribution in [3.05, 3.63) is 0 Å². The third kappa shape index (κ3) is 122. The van der Waals surface area contributed by atoms with E-state index >= 15 is 0 Å². The van der Waals surface area contributed by atoms with Crippen molar-refractivity contribution < 1.29 is 14.4 Å². The first-order valence-electron chi connectivity index (χ1n) is 6.28. The van der Waals surface area contributed by atoms with Gasteiger partial charge < -0.3 is 0 Å². The van der Waals surface area contributed by atoms with E-state index in [9.17, 15) is 0 Å². The molecule has 0 atom stereocenters. The van der Waals surface area contributed by atoms with Crippen LogP contribution < -0.4 is 0 Å². The molecule has 0 aliphatic rings. The standard InChI is InChI=1S/C10H22.3CHNO/c1-3-5-7-9-10-8-6-4-2;3*2-1-3/h3-10H2,1-2H3;3*2H. The quantitative estimate of drug-likeness (QED) is 0.370. The van der Waals surface area contributed by atoms with Crippen molar-refractivity contribution in [1.29, 1.82) is 16.2 Å². The van der Waals surface area contributed by atoms with Crippen LogP contribution in [0.3, 0.4) is 0 Å². The second-order valence-electron chi connectivity index (χ2n) is 3.43. The minimum atomic E-state index is 0.750. The van der Waals surface area contributed by atoms with Crippen LogP contribution in [0.2, 0.25) is 0 Å². The van der Waals surface area contributed by atoms with E-state index in [1.807, 2.05) is 0 Å². The summed E-state index contributed by atoms with van der Waals surface area (Å²) in [5, 5.41) is 16.2. The molecule has 0 amide bonds. The Morgan fingerprint density at radius 3 is 0.895 bits per heavy atom. The van der Waals surface area contributed by atoms with Gasteiger partial charge in [-0.15, -0.1) is 0 Å². The van der Waals surface area contributed by atoms with E-state index in [0.717, 1.165) is 18.2 Å². The number of unbranched alkanes of at least 4 members (excludes halogenated alkanes) is 7. The summed E-state index contributed by atoms with van der Waals surface area (Å²) in [6.45, 7) is 4.54. The van der Waals surface area contributed by atoms with Gasteiger partial charge in [0, 0.05) is 0 Å². The predicted octanol–water partition coefficient (Wildman–Crippen LogP) is 3.85.